The second-order valence-corrected chi connectivity index (χ2v) is 5.78. The van der Waals surface area contributed by atoms with Gasteiger partial charge in [-0.15, -0.1) is 0 Å². The normalized spacial score (nSPS) is 21.2. The zero-order valence-electron chi connectivity index (χ0n) is 12.5. The lowest BCUT2D eigenvalue weighted by molar-refractivity contribution is -0.129. The van der Waals surface area contributed by atoms with E-state index in [0.717, 1.165) is 12.5 Å². The molecule has 0 saturated carbocycles. The van der Waals surface area contributed by atoms with Gasteiger partial charge in [-0.05, 0) is 43.7 Å². The molecule has 0 aliphatic carbocycles. The highest BCUT2D eigenvalue weighted by Gasteiger charge is 2.37. The molecule has 1 aromatic carbocycles. The van der Waals surface area contributed by atoms with Crippen LogP contribution in [-0.2, 0) is 11.2 Å². The Morgan fingerprint density at radius 2 is 2.23 bits per heavy atom. The number of halogens is 2. The first-order valence-electron chi connectivity index (χ1n) is 7.26. The minimum atomic E-state index is -0.627. The molecular weight excluding hydrogens is 288 g/mol. The number of nitrogens with zero attached hydrogens (tertiary/aromatic N) is 1. The predicted octanol–water partition coefficient (Wildman–Crippen LogP) is 2.13. The smallest absolute Gasteiger partial charge is 0.298 e. The van der Waals surface area contributed by atoms with E-state index in [1.165, 1.54) is 12.1 Å². The summed E-state index contributed by atoms with van der Waals surface area (Å²) in [6, 6.07) is 3.45. The zero-order chi connectivity index (χ0) is 16.2. The van der Waals surface area contributed by atoms with Crippen LogP contribution in [0.2, 0.25) is 0 Å². The van der Waals surface area contributed by atoms with Gasteiger partial charge >= 0.3 is 0 Å². The highest BCUT2D eigenvalue weighted by Crippen LogP contribution is 2.34. The van der Waals surface area contributed by atoms with Crippen molar-refractivity contribution in [2.24, 2.45) is 5.41 Å². The number of carbonyl (C=O) groups excluding carboxylic acids is 1. The average molecular weight is 307 g/mol. The molecule has 1 aliphatic rings. The van der Waals surface area contributed by atoms with Gasteiger partial charge in [0.1, 0.15) is 11.6 Å². The maximum absolute atomic E-state index is 13.9. The van der Waals surface area contributed by atoms with Crippen LogP contribution < -0.4 is 0 Å². The molecule has 1 N–H and O–H groups in total. The summed E-state index contributed by atoms with van der Waals surface area (Å²) in [6.07, 6.45) is 1.67. The minimum absolute atomic E-state index is 0.160. The second-order valence-electron chi connectivity index (χ2n) is 5.78. The lowest BCUT2D eigenvalue weighted by Crippen LogP contribution is -2.48. The van der Waals surface area contributed by atoms with Crippen molar-refractivity contribution in [1.82, 2.24) is 4.90 Å². The first kappa shape index (κ1) is 16.4. The van der Waals surface area contributed by atoms with Gasteiger partial charge in [0.25, 0.3) is 5.91 Å². The van der Waals surface area contributed by atoms with Crippen molar-refractivity contribution in [3.63, 3.8) is 0 Å². The summed E-state index contributed by atoms with van der Waals surface area (Å²) < 4.78 is 26.9. The molecule has 0 spiro atoms. The Hall–Kier alpha value is -1.93. The Balaban J connectivity index is 2.20. The van der Waals surface area contributed by atoms with Crippen molar-refractivity contribution in [2.45, 2.75) is 26.2 Å². The molecule has 118 valence electrons. The number of aliphatic hydroxyl groups excluding tert-OH is 1. The number of hydrogen-bond donors (Lipinski definition) is 1. The minimum Gasteiger partial charge on any atom is -0.396 e. The van der Waals surface area contributed by atoms with Crippen molar-refractivity contribution in [3.05, 3.63) is 35.4 Å². The number of likely N-dealkylation sites (tertiary alicyclic amines) is 1. The molecule has 1 fully saturated rings. The van der Waals surface area contributed by atoms with Gasteiger partial charge in [0.2, 0.25) is 0 Å². The maximum Gasteiger partial charge on any atom is 0.298 e. The van der Waals surface area contributed by atoms with Crippen molar-refractivity contribution >= 4 is 5.91 Å². The number of piperidine rings is 1. The predicted molar refractivity (Wildman–Crippen MR) is 78.8 cm³/mol. The Morgan fingerprint density at radius 1 is 1.45 bits per heavy atom. The van der Waals surface area contributed by atoms with Gasteiger partial charge in [0.15, 0.2) is 0 Å². The molecule has 1 aliphatic heterocycles. The summed E-state index contributed by atoms with van der Waals surface area (Å²) in [5.41, 5.74) is -0.256. The van der Waals surface area contributed by atoms with E-state index in [-0.39, 0.29) is 18.9 Å². The van der Waals surface area contributed by atoms with E-state index < -0.39 is 17.0 Å². The van der Waals surface area contributed by atoms with Gasteiger partial charge in [0.05, 0.1) is 6.61 Å². The quantitative estimate of drug-likeness (QED) is 0.869. The Bertz CT molecular complexity index is 621. The first-order valence-corrected chi connectivity index (χ1v) is 7.26. The van der Waals surface area contributed by atoms with E-state index in [4.69, 9.17) is 0 Å². The van der Waals surface area contributed by atoms with Crippen molar-refractivity contribution in [3.8, 4) is 11.8 Å². The molecule has 1 atom stereocenters. The summed E-state index contributed by atoms with van der Waals surface area (Å²) in [7, 11) is 0. The molecule has 0 unspecified atom stereocenters. The lowest BCUT2D eigenvalue weighted by Gasteiger charge is -2.41. The topological polar surface area (TPSA) is 40.5 Å². The second kappa shape index (κ2) is 6.89. The molecule has 2 rings (SSSR count). The molecule has 0 aromatic heterocycles. The van der Waals surface area contributed by atoms with E-state index in [9.17, 15) is 18.7 Å². The zero-order valence-corrected chi connectivity index (χ0v) is 12.5. The third-order valence-electron chi connectivity index (χ3n) is 4.10. The van der Waals surface area contributed by atoms with E-state index in [2.05, 4.69) is 11.8 Å². The Kier molecular flexibility index (Phi) is 5.15. The number of aliphatic hydroxyl groups is 1. The van der Waals surface area contributed by atoms with Crippen LogP contribution in [0.25, 0.3) is 0 Å². The highest BCUT2D eigenvalue weighted by molar-refractivity contribution is 5.93. The van der Waals surface area contributed by atoms with Crippen molar-refractivity contribution in [1.29, 1.82) is 0 Å². The third kappa shape index (κ3) is 3.63. The van der Waals surface area contributed by atoms with Gasteiger partial charge in [-0.25, -0.2) is 8.78 Å². The molecule has 0 bridgehead atoms. The highest BCUT2D eigenvalue weighted by atomic mass is 19.1. The van der Waals surface area contributed by atoms with Crippen LogP contribution in [0.4, 0.5) is 8.78 Å². The SMILES string of the molecule is CC#CC(=O)N1CCC[C@](CO)(Cc2ccc(F)cc2F)C1. The standard InChI is InChI=1S/C17H19F2NO2/c1-2-4-16(22)20-8-3-7-17(11-20,12-21)10-13-5-6-14(18)9-15(13)19/h5-6,9,21H,3,7-8,10-12H2,1H3/t17-/m0/s1. The molecule has 0 radical (unpaired) electrons. The van der Waals surface area contributed by atoms with Crippen LogP contribution in [-0.4, -0.2) is 35.6 Å². The van der Waals surface area contributed by atoms with Crippen LogP contribution in [0, 0.1) is 28.9 Å². The molecule has 1 aromatic rings. The van der Waals surface area contributed by atoms with E-state index in [1.807, 2.05) is 0 Å². The number of rotatable bonds is 3. The monoisotopic (exact) mass is 307 g/mol. The van der Waals surface area contributed by atoms with E-state index in [0.29, 0.717) is 25.1 Å². The first-order chi connectivity index (χ1) is 10.5. The third-order valence-corrected chi connectivity index (χ3v) is 4.10. The summed E-state index contributed by atoms with van der Waals surface area (Å²) in [5.74, 6) is 3.54. The van der Waals surface area contributed by atoms with E-state index >= 15 is 0 Å². The summed E-state index contributed by atoms with van der Waals surface area (Å²) in [6.45, 7) is 2.34. The van der Waals surface area contributed by atoms with Gasteiger partial charge in [-0.2, -0.15) is 0 Å². The van der Waals surface area contributed by atoms with Gasteiger partial charge < -0.3 is 10.0 Å². The molecule has 1 saturated heterocycles. The molecule has 22 heavy (non-hydrogen) atoms. The molecule has 1 amide bonds. The van der Waals surface area contributed by atoms with Crippen molar-refractivity contribution in [2.75, 3.05) is 19.7 Å². The maximum atomic E-state index is 13.9. The number of hydrogen-bond acceptors (Lipinski definition) is 2. The summed E-state index contributed by atoms with van der Waals surface area (Å²) >= 11 is 0. The summed E-state index contributed by atoms with van der Waals surface area (Å²) in [4.78, 5) is 13.5. The fourth-order valence-corrected chi connectivity index (χ4v) is 2.97. The van der Waals surface area contributed by atoms with Gasteiger partial charge in [-0.3, -0.25) is 4.79 Å². The molecule has 3 nitrogen and oxygen atoms in total. The molecule has 5 heteroatoms. The Labute approximate surface area is 128 Å². The van der Waals surface area contributed by atoms with Gasteiger partial charge in [0, 0.05) is 24.6 Å². The Morgan fingerprint density at radius 3 is 2.86 bits per heavy atom. The number of amides is 1. The van der Waals surface area contributed by atoms with E-state index in [1.54, 1.807) is 11.8 Å². The van der Waals surface area contributed by atoms with Crippen LogP contribution in [0.3, 0.4) is 0 Å². The number of benzene rings is 1. The number of carbonyl (C=O) groups is 1. The van der Waals surface area contributed by atoms with Crippen LogP contribution in [0.15, 0.2) is 18.2 Å². The fourth-order valence-electron chi connectivity index (χ4n) is 2.97. The molecule has 1 heterocycles. The molecular formula is C17H19F2NO2. The van der Waals surface area contributed by atoms with Crippen LogP contribution in [0.1, 0.15) is 25.3 Å². The van der Waals surface area contributed by atoms with Crippen LogP contribution in [0.5, 0.6) is 0 Å². The van der Waals surface area contributed by atoms with Gasteiger partial charge in [-0.1, -0.05) is 12.0 Å². The average Bonchev–Trinajstić information content (AvgIpc) is 2.51. The summed E-state index contributed by atoms with van der Waals surface area (Å²) in [5, 5.41) is 9.81. The van der Waals surface area contributed by atoms with Crippen molar-refractivity contribution < 1.29 is 18.7 Å². The fraction of sp³-hybridized carbons (Fsp3) is 0.471. The largest absolute Gasteiger partial charge is 0.396 e. The lowest BCUT2D eigenvalue weighted by atomic mass is 9.75. The van der Waals surface area contributed by atoms with Crippen LogP contribution >= 0.6 is 0 Å².